The van der Waals surface area contributed by atoms with Gasteiger partial charge in [-0.2, -0.15) is 0 Å². The summed E-state index contributed by atoms with van der Waals surface area (Å²) in [6.07, 6.45) is 2.53. The van der Waals surface area contributed by atoms with Crippen molar-refractivity contribution in [2.24, 2.45) is 11.3 Å². The first kappa shape index (κ1) is 23.0. The summed E-state index contributed by atoms with van der Waals surface area (Å²) >= 11 is 1.48. The predicted molar refractivity (Wildman–Crippen MR) is 130 cm³/mol. The van der Waals surface area contributed by atoms with Crippen molar-refractivity contribution in [3.63, 3.8) is 0 Å². The first-order valence-corrected chi connectivity index (χ1v) is 12.6. The van der Waals surface area contributed by atoms with E-state index in [0.29, 0.717) is 13.1 Å². The molecular weight excluding hydrogens is 418 g/mol. The summed E-state index contributed by atoms with van der Waals surface area (Å²) in [5.41, 5.74) is 2.83. The number of fused-ring (bicyclic) bond motifs is 1. The molecule has 32 heavy (non-hydrogen) atoms. The first-order valence-electron chi connectivity index (χ1n) is 11.7. The molecule has 0 aliphatic carbocycles. The smallest absolute Gasteiger partial charge is 0.263 e. The number of piperidine rings is 1. The normalized spacial score (nSPS) is 18.8. The second kappa shape index (κ2) is 9.75. The molecule has 6 heteroatoms. The van der Waals surface area contributed by atoms with E-state index in [0.717, 1.165) is 43.8 Å². The number of nitrogens with one attached hydrogen (secondary N) is 1. The van der Waals surface area contributed by atoms with Gasteiger partial charge in [-0.05, 0) is 47.3 Å². The highest BCUT2D eigenvalue weighted by molar-refractivity contribution is 7.12. The van der Waals surface area contributed by atoms with Gasteiger partial charge in [0.25, 0.3) is 5.91 Å². The van der Waals surface area contributed by atoms with Crippen LogP contribution >= 0.6 is 11.3 Å². The number of carbonyl (C=O) groups is 2. The van der Waals surface area contributed by atoms with Crippen LogP contribution in [0, 0.1) is 11.3 Å². The lowest BCUT2D eigenvalue weighted by Crippen LogP contribution is -2.53. The van der Waals surface area contributed by atoms with Gasteiger partial charge in [0.15, 0.2) is 0 Å². The minimum absolute atomic E-state index is 0.0192. The highest BCUT2D eigenvalue weighted by atomic mass is 32.1. The molecule has 5 nitrogen and oxygen atoms in total. The van der Waals surface area contributed by atoms with Crippen molar-refractivity contribution in [3.8, 4) is 0 Å². The molecule has 2 aliphatic heterocycles. The van der Waals surface area contributed by atoms with Gasteiger partial charge >= 0.3 is 0 Å². The Hall–Kier alpha value is -2.18. The lowest BCUT2D eigenvalue weighted by atomic mass is 9.85. The van der Waals surface area contributed by atoms with E-state index in [4.69, 9.17) is 0 Å². The zero-order valence-corrected chi connectivity index (χ0v) is 20.3. The van der Waals surface area contributed by atoms with E-state index >= 15 is 0 Å². The van der Waals surface area contributed by atoms with E-state index in [1.54, 1.807) is 0 Å². The third kappa shape index (κ3) is 5.41. The van der Waals surface area contributed by atoms with Crippen LogP contribution in [0.1, 0.15) is 54.4 Å². The van der Waals surface area contributed by atoms with Crippen LogP contribution in [0.2, 0.25) is 0 Å². The molecule has 172 valence electrons. The molecule has 1 saturated heterocycles. The number of carbonyl (C=O) groups excluding carboxylic acids is 2. The van der Waals surface area contributed by atoms with Gasteiger partial charge in [0.05, 0.1) is 4.88 Å². The molecular formula is C26H35N3O2S. The number of hydrogen-bond acceptors (Lipinski definition) is 4. The number of rotatable bonds is 5. The summed E-state index contributed by atoms with van der Waals surface area (Å²) in [5.74, 6) is 0.219. The van der Waals surface area contributed by atoms with Gasteiger partial charge in [0.1, 0.15) is 0 Å². The van der Waals surface area contributed by atoms with E-state index in [-0.39, 0.29) is 29.2 Å². The van der Waals surface area contributed by atoms with E-state index in [1.165, 1.54) is 22.5 Å². The van der Waals surface area contributed by atoms with Crippen LogP contribution in [0.15, 0.2) is 41.8 Å². The highest BCUT2D eigenvalue weighted by Gasteiger charge is 2.33. The molecule has 0 saturated carbocycles. The van der Waals surface area contributed by atoms with Crippen LogP contribution in [0.4, 0.5) is 0 Å². The molecule has 1 fully saturated rings. The van der Waals surface area contributed by atoms with Gasteiger partial charge < -0.3 is 10.2 Å². The molecule has 4 rings (SSSR count). The van der Waals surface area contributed by atoms with Crippen molar-refractivity contribution < 1.29 is 9.59 Å². The number of benzene rings is 1. The molecule has 0 radical (unpaired) electrons. The Morgan fingerprint density at radius 1 is 1.06 bits per heavy atom. The van der Waals surface area contributed by atoms with E-state index in [2.05, 4.69) is 55.3 Å². The fourth-order valence-electron chi connectivity index (χ4n) is 4.69. The molecule has 0 bridgehead atoms. The average Bonchev–Trinajstić information content (AvgIpc) is 3.32. The van der Waals surface area contributed by atoms with Crippen molar-refractivity contribution in [3.05, 3.63) is 57.8 Å². The maximum absolute atomic E-state index is 13.2. The van der Waals surface area contributed by atoms with Crippen LogP contribution in [0.25, 0.3) is 0 Å². The maximum Gasteiger partial charge on any atom is 0.263 e. The Morgan fingerprint density at radius 3 is 2.44 bits per heavy atom. The van der Waals surface area contributed by atoms with Crippen molar-refractivity contribution in [1.82, 2.24) is 15.1 Å². The summed E-state index contributed by atoms with van der Waals surface area (Å²) in [5, 5.41) is 5.32. The molecule has 2 amide bonds. The second-order valence-electron chi connectivity index (χ2n) is 10.2. The fraction of sp³-hybridized carbons (Fsp3) is 0.538. The Kier molecular flexibility index (Phi) is 7.01. The average molecular weight is 454 g/mol. The molecule has 3 heterocycles. The number of thiophene rings is 1. The topological polar surface area (TPSA) is 52.7 Å². The highest BCUT2D eigenvalue weighted by Crippen LogP contribution is 2.26. The Balaban J connectivity index is 1.32. The van der Waals surface area contributed by atoms with Gasteiger partial charge in [-0.3, -0.25) is 14.5 Å². The van der Waals surface area contributed by atoms with Gasteiger partial charge in [-0.15, -0.1) is 11.3 Å². The first-order chi connectivity index (χ1) is 15.3. The summed E-state index contributed by atoms with van der Waals surface area (Å²) in [6.45, 7) is 10.8. The molecule has 1 atom stereocenters. The lowest BCUT2D eigenvalue weighted by molar-refractivity contribution is -0.128. The standard InChI is InChI=1S/C26H35N3O2S/c1-26(2,3)23(18-28-13-10-19-7-4-5-8-21(19)17-28)27-24(30)20-11-14-29(15-12-20)25(31)22-9-6-16-32-22/h4-9,16,20,23H,10-15,17-18H2,1-3H3,(H,27,30). The summed E-state index contributed by atoms with van der Waals surface area (Å²) in [4.78, 5) is 30.9. The van der Waals surface area contributed by atoms with Crippen molar-refractivity contribution in [2.75, 3.05) is 26.2 Å². The van der Waals surface area contributed by atoms with E-state index in [1.807, 2.05) is 22.4 Å². The zero-order chi connectivity index (χ0) is 22.7. The van der Waals surface area contributed by atoms with Gasteiger partial charge in [0, 0.05) is 44.7 Å². The molecule has 1 unspecified atom stereocenters. The Bertz CT molecular complexity index is 927. The van der Waals surface area contributed by atoms with E-state index < -0.39 is 0 Å². The Morgan fingerprint density at radius 2 is 1.78 bits per heavy atom. The van der Waals surface area contributed by atoms with Gasteiger partial charge in [-0.25, -0.2) is 0 Å². The molecule has 1 aromatic heterocycles. The van der Waals surface area contributed by atoms with Crippen LogP contribution in [0.5, 0.6) is 0 Å². The number of amides is 2. The maximum atomic E-state index is 13.2. The number of nitrogens with zero attached hydrogens (tertiary/aromatic N) is 2. The molecule has 0 spiro atoms. The molecule has 1 N–H and O–H groups in total. The Labute approximate surface area is 195 Å². The largest absolute Gasteiger partial charge is 0.351 e. The molecule has 2 aliphatic rings. The molecule has 1 aromatic carbocycles. The molecule has 2 aromatic rings. The van der Waals surface area contributed by atoms with Crippen LogP contribution < -0.4 is 5.32 Å². The van der Waals surface area contributed by atoms with Crippen LogP contribution in [0.3, 0.4) is 0 Å². The minimum Gasteiger partial charge on any atom is -0.351 e. The van der Waals surface area contributed by atoms with Crippen LogP contribution in [-0.4, -0.2) is 53.8 Å². The third-order valence-corrected chi connectivity index (χ3v) is 7.76. The van der Waals surface area contributed by atoms with Crippen molar-refractivity contribution >= 4 is 23.2 Å². The zero-order valence-electron chi connectivity index (χ0n) is 19.5. The van der Waals surface area contributed by atoms with Crippen molar-refractivity contribution in [1.29, 1.82) is 0 Å². The number of hydrogen-bond donors (Lipinski definition) is 1. The summed E-state index contributed by atoms with van der Waals surface area (Å²) in [6, 6.07) is 12.5. The SMILES string of the molecule is CC(C)(C)C(CN1CCc2ccccc2C1)NC(=O)C1CCN(C(=O)c2cccs2)CC1. The number of likely N-dealkylation sites (tertiary alicyclic amines) is 1. The van der Waals surface area contributed by atoms with Gasteiger partial charge in [-0.1, -0.05) is 51.1 Å². The monoisotopic (exact) mass is 453 g/mol. The fourth-order valence-corrected chi connectivity index (χ4v) is 5.39. The summed E-state index contributed by atoms with van der Waals surface area (Å²) < 4.78 is 0. The lowest BCUT2D eigenvalue weighted by Gasteiger charge is -2.39. The minimum atomic E-state index is -0.0253. The third-order valence-electron chi connectivity index (χ3n) is 6.90. The van der Waals surface area contributed by atoms with E-state index in [9.17, 15) is 9.59 Å². The van der Waals surface area contributed by atoms with Crippen molar-refractivity contribution in [2.45, 2.75) is 52.6 Å². The second-order valence-corrected chi connectivity index (χ2v) is 11.2. The quantitative estimate of drug-likeness (QED) is 0.739. The summed E-state index contributed by atoms with van der Waals surface area (Å²) in [7, 11) is 0. The van der Waals surface area contributed by atoms with Crippen LogP contribution in [-0.2, 0) is 17.8 Å². The predicted octanol–water partition coefficient (Wildman–Crippen LogP) is 4.19. The van der Waals surface area contributed by atoms with Gasteiger partial charge in [0.2, 0.25) is 5.91 Å².